The van der Waals surface area contributed by atoms with Gasteiger partial charge in [0.15, 0.2) is 0 Å². The molecule has 4 aliphatic carbocycles. The quantitative estimate of drug-likeness (QED) is 0.402. The predicted molar refractivity (Wildman–Crippen MR) is 104 cm³/mol. The van der Waals surface area contributed by atoms with Gasteiger partial charge in [0.1, 0.15) is 11.7 Å². The smallest absolute Gasteiger partial charge is 0.302 e. The first-order valence-electron chi connectivity index (χ1n) is 10.8. The molecular formula is C22H36O7. The van der Waals surface area contributed by atoms with Crippen molar-refractivity contribution in [2.75, 3.05) is 0 Å². The molecule has 0 amide bonds. The van der Waals surface area contributed by atoms with Crippen LogP contribution in [0, 0.1) is 28.6 Å². The lowest BCUT2D eigenvalue weighted by Crippen LogP contribution is -2.60. The maximum absolute atomic E-state index is 11.9. The average Bonchev–Trinajstić information content (AvgIpc) is 2.80. The molecule has 0 radical (unpaired) electrons. The van der Waals surface area contributed by atoms with Crippen molar-refractivity contribution in [3.63, 3.8) is 0 Å². The maximum atomic E-state index is 11.9. The third-order valence-electron chi connectivity index (χ3n) is 9.52. The van der Waals surface area contributed by atoms with Crippen molar-refractivity contribution >= 4 is 5.97 Å². The van der Waals surface area contributed by atoms with Gasteiger partial charge in [0.25, 0.3) is 0 Å². The van der Waals surface area contributed by atoms with Crippen LogP contribution in [-0.2, 0) is 9.53 Å². The molecule has 4 rings (SSSR count). The average molecular weight is 413 g/mol. The summed E-state index contributed by atoms with van der Waals surface area (Å²) in [6, 6.07) is 0. The number of fused-ring (bicyclic) bond motifs is 2. The SMILES string of the molecule is CC(=O)O[C@H]1[C@@H]2CC[C@H]3[C@](C)(O)[C@H]4C[C@H](O)C(C)(C)[C@]4(O)[C@@H](O)C[C@]13C[C@@]2(C)O. The molecule has 0 saturated heterocycles. The van der Waals surface area contributed by atoms with Crippen molar-refractivity contribution in [1.29, 1.82) is 0 Å². The van der Waals surface area contributed by atoms with Crippen molar-refractivity contribution in [3.05, 3.63) is 0 Å². The van der Waals surface area contributed by atoms with E-state index < -0.39 is 57.8 Å². The summed E-state index contributed by atoms with van der Waals surface area (Å²) in [6.45, 7) is 8.20. The third-order valence-corrected chi connectivity index (χ3v) is 9.52. The molecule has 4 fully saturated rings. The van der Waals surface area contributed by atoms with Gasteiger partial charge in [-0.15, -0.1) is 0 Å². The fraction of sp³-hybridized carbons (Fsp3) is 0.955. The Labute approximate surface area is 172 Å². The second kappa shape index (κ2) is 5.94. The van der Waals surface area contributed by atoms with E-state index >= 15 is 0 Å². The number of hydrogen-bond donors (Lipinski definition) is 5. The topological polar surface area (TPSA) is 127 Å². The lowest BCUT2D eigenvalue weighted by Gasteiger charge is -2.51. The molecule has 5 N–H and O–H groups in total. The molecule has 29 heavy (non-hydrogen) atoms. The fourth-order valence-electron chi connectivity index (χ4n) is 8.14. The van der Waals surface area contributed by atoms with Gasteiger partial charge < -0.3 is 30.3 Å². The molecule has 166 valence electrons. The molecule has 0 unspecified atom stereocenters. The summed E-state index contributed by atoms with van der Waals surface area (Å²) in [6.07, 6.45) is -0.985. The monoisotopic (exact) mass is 412 g/mol. The van der Waals surface area contributed by atoms with Crippen LogP contribution in [0.4, 0.5) is 0 Å². The van der Waals surface area contributed by atoms with Gasteiger partial charge in [0, 0.05) is 29.6 Å². The molecule has 0 aliphatic heterocycles. The van der Waals surface area contributed by atoms with Gasteiger partial charge in [-0.1, -0.05) is 13.8 Å². The highest BCUT2D eigenvalue weighted by molar-refractivity contribution is 5.66. The molecule has 1 spiro atoms. The van der Waals surface area contributed by atoms with Crippen molar-refractivity contribution in [1.82, 2.24) is 0 Å². The number of ether oxygens (including phenoxy) is 1. The van der Waals surface area contributed by atoms with Crippen LogP contribution in [0.2, 0.25) is 0 Å². The first kappa shape index (κ1) is 21.5. The van der Waals surface area contributed by atoms with Gasteiger partial charge in [-0.05, 0) is 51.9 Å². The van der Waals surface area contributed by atoms with Crippen LogP contribution in [0.25, 0.3) is 0 Å². The van der Waals surface area contributed by atoms with Crippen molar-refractivity contribution in [2.24, 2.45) is 28.6 Å². The Hall–Kier alpha value is -0.730. The number of rotatable bonds is 1. The van der Waals surface area contributed by atoms with E-state index in [9.17, 15) is 30.3 Å². The number of hydrogen-bond acceptors (Lipinski definition) is 7. The van der Waals surface area contributed by atoms with E-state index in [0.717, 1.165) is 0 Å². The molecule has 10 atom stereocenters. The lowest BCUT2D eigenvalue weighted by molar-refractivity contribution is -0.202. The molecule has 0 heterocycles. The summed E-state index contributed by atoms with van der Waals surface area (Å²) in [5.74, 6) is -1.86. The second-order valence-electron chi connectivity index (χ2n) is 11.3. The summed E-state index contributed by atoms with van der Waals surface area (Å²) in [5.41, 5.74) is -6.08. The van der Waals surface area contributed by atoms with Crippen molar-refractivity contribution in [2.45, 2.75) is 102 Å². The van der Waals surface area contributed by atoms with Crippen LogP contribution in [0.5, 0.6) is 0 Å². The number of carbonyl (C=O) groups excluding carboxylic acids is 1. The minimum Gasteiger partial charge on any atom is -0.462 e. The standard InChI is InChI=1S/C22H36O7/c1-11(23)29-17-12-6-7-13-20(5,27)14-8-15(24)18(2,3)22(14,28)16(25)9-21(13,17)10-19(12,4)26/h12-17,24-28H,6-10H2,1-5H3/t12-,13-,14+,15-,16-,17-,19+,20-,21+,22+/m0/s1. The molecule has 0 aromatic heterocycles. The summed E-state index contributed by atoms with van der Waals surface area (Å²) in [7, 11) is 0. The highest BCUT2D eigenvalue weighted by atomic mass is 16.5. The van der Waals surface area contributed by atoms with E-state index in [1.54, 1.807) is 27.7 Å². The Kier molecular flexibility index (Phi) is 4.41. The molecule has 0 aromatic rings. The van der Waals surface area contributed by atoms with Gasteiger partial charge in [-0.2, -0.15) is 0 Å². The molecule has 4 saturated carbocycles. The van der Waals surface area contributed by atoms with E-state index in [1.165, 1.54) is 6.92 Å². The van der Waals surface area contributed by atoms with Crippen molar-refractivity contribution in [3.8, 4) is 0 Å². The summed E-state index contributed by atoms with van der Waals surface area (Å²) >= 11 is 0. The number of esters is 1. The van der Waals surface area contributed by atoms with Crippen LogP contribution < -0.4 is 0 Å². The predicted octanol–water partition coefficient (Wildman–Crippen LogP) is 0.739. The Balaban J connectivity index is 1.90. The van der Waals surface area contributed by atoms with E-state index in [2.05, 4.69) is 0 Å². The van der Waals surface area contributed by atoms with Crippen LogP contribution in [-0.4, -0.2) is 66.6 Å². The third kappa shape index (κ3) is 2.45. The van der Waals surface area contributed by atoms with Crippen LogP contribution in [0.15, 0.2) is 0 Å². The highest BCUT2D eigenvalue weighted by Gasteiger charge is 2.77. The van der Waals surface area contributed by atoms with Gasteiger partial charge in [-0.3, -0.25) is 4.79 Å². The Morgan fingerprint density at radius 1 is 0.966 bits per heavy atom. The summed E-state index contributed by atoms with van der Waals surface area (Å²) in [5, 5.41) is 57.0. The first-order valence-corrected chi connectivity index (χ1v) is 10.8. The minimum absolute atomic E-state index is 0.0988. The Morgan fingerprint density at radius 3 is 2.17 bits per heavy atom. The van der Waals surface area contributed by atoms with Gasteiger partial charge in [0.2, 0.25) is 0 Å². The number of aliphatic hydroxyl groups is 5. The van der Waals surface area contributed by atoms with Crippen LogP contribution in [0.1, 0.15) is 66.7 Å². The zero-order chi connectivity index (χ0) is 21.8. The number of carbonyl (C=O) groups is 1. The fourth-order valence-corrected chi connectivity index (χ4v) is 8.14. The van der Waals surface area contributed by atoms with E-state index in [1.807, 2.05) is 0 Å². The first-order chi connectivity index (χ1) is 13.1. The highest BCUT2D eigenvalue weighted by Crippen LogP contribution is 2.70. The second-order valence-corrected chi connectivity index (χ2v) is 11.3. The Bertz CT molecular complexity index is 716. The largest absolute Gasteiger partial charge is 0.462 e. The van der Waals surface area contributed by atoms with E-state index in [-0.39, 0.29) is 31.1 Å². The molecular weight excluding hydrogens is 376 g/mol. The van der Waals surface area contributed by atoms with Gasteiger partial charge in [-0.25, -0.2) is 0 Å². The van der Waals surface area contributed by atoms with Crippen LogP contribution >= 0.6 is 0 Å². The van der Waals surface area contributed by atoms with E-state index in [4.69, 9.17) is 4.74 Å². The van der Waals surface area contributed by atoms with Gasteiger partial charge in [0.05, 0.1) is 23.4 Å². The van der Waals surface area contributed by atoms with Crippen molar-refractivity contribution < 1.29 is 35.1 Å². The minimum atomic E-state index is -1.70. The van der Waals surface area contributed by atoms with Crippen LogP contribution in [0.3, 0.4) is 0 Å². The molecule has 7 nitrogen and oxygen atoms in total. The van der Waals surface area contributed by atoms with Gasteiger partial charge >= 0.3 is 5.97 Å². The summed E-state index contributed by atoms with van der Waals surface area (Å²) in [4.78, 5) is 11.9. The normalized spacial score (nSPS) is 58.3. The lowest BCUT2D eigenvalue weighted by atomic mass is 9.57. The Morgan fingerprint density at radius 2 is 1.59 bits per heavy atom. The number of aliphatic hydroxyl groups excluding tert-OH is 2. The molecule has 0 aromatic carbocycles. The molecule has 4 aliphatic rings. The maximum Gasteiger partial charge on any atom is 0.302 e. The van der Waals surface area contributed by atoms with E-state index in [0.29, 0.717) is 12.8 Å². The summed E-state index contributed by atoms with van der Waals surface area (Å²) < 4.78 is 5.75. The zero-order valence-electron chi connectivity index (χ0n) is 18.1. The molecule has 2 bridgehead atoms. The zero-order valence-corrected chi connectivity index (χ0v) is 18.1. The molecule has 7 heteroatoms.